The van der Waals surface area contributed by atoms with Gasteiger partial charge in [-0.15, -0.1) is 0 Å². The molecule has 114 valence electrons. The Balaban J connectivity index is 2.82. The van der Waals surface area contributed by atoms with E-state index in [9.17, 15) is 18.8 Å². The molecule has 0 aromatic heterocycles. The molecule has 0 saturated carbocycles. The number of benzene rings is 1. The third kappa shape index (κ3) is 4.44. The van der Waals surface area contributed by atoms with Crippen LogP contribution in [0.25, 0.3) is 0 Å². The fraction of sp³-hybridized carbons (Fsp3) is 0.308. The molecule has 21 heavy (non-hydrogen) atoms. The Morgan fingerprint density at radius 1 is 1.29 bits per heavy atom. The summed E-state index contributed by atoms with van der Waals surface area (Å²) in [6.07, 6.45) is 0. The highest BCUT2D eigenvalue weighted by atomic mass is 19.1. The molecule has 0 bridgehead atoms. The smallest absolute Gasteiger partial charge is 0.338 e. The number of aromatic carboxylic acids is 1. The number of amides is 3. The molecular weight excluding hydrogens is 281 g/mol. The van der Waals surface area contributed by atoms with Crippen molar-refractivity contribution in [1.82, 2.24) is 5.32 Å². The third-order valence-corrected chi connectivity index (χ3v) is 2.71. The van der Waals surface area contributed by atoms with E-state index in [0.29, 0.717) is 0 Å². The van der Waals surface area contributed by atoms with Crippen LogP contribution in [0.4, 0.5) is 14.9 Å². The summed E-state index contributed by atoms with van der Waals surface area (Å²) in [7, 11) is 0. The largest absolute Gasteiger partial charge is 0.478 e. The quantitative estimate of drug-likeness (QED) is 0.651. The summed E-state index contributed by atoms with van der Waals surface area (Å²) in [6.45, 7) is 3.41. The van der Waals surface area contributed by atoms with Crippen molar-refractivity contribution in [2.75, 3.05) is 5.32 Å². The zero-order valence-electron chi connectivity index (χ0n) is 11.5. The van der Waals surface area contributed by atoms with Gasteiger partial charge in [-0.3, -0.25) is 4.79 Å². The Hall–Kier alpha value is -2.64. The molecule has 0 saturated heterocycles. The van der Waals surface area contributed by atoms with Crippen LogP contribution in [0, 0.1) is 11.7 Å². The summed E-state index contributed by atoms with van der Waals surface area (Å²) in [5.41, 5.74) is 4.67. The number of anilines is 1. The highest BCUT2D eigenvalue weighted by molar-refractivity contribution is 5.95. The number of urea groups is 1. The molecule has 0 spiro atoms. The highest BCUT2D eigenvalue weighted by Crippen LogP contribution is 2.15. The summed E-state index contributed by atoms with van der Waals surface area (Å²) in [5, 5.41) is 13.5. The normalized spacial score (nSPS) is 11.8. The molecule has 7 nitrogen and oxygen atoms in total. The summed E-state index contributed by atoms with van der Waals surface area (Å²) in [4.78, 5) is 33.7. The van der Waals surface area contributed by atoms with Gasteiger partial charge in [-0.1, -0.05) is 13.8 Å². The van der Waals surface area contributed by atoms with Gasteiger partial charge >= 0.3 is 12.0 Å². The minimum atomic E-state index is -1.45. The van der Waals surface area contributed by atoms with Crippen LogP contribution in [0.15, 0.2) is 18.2 Å². The first kappa shape index (κ1) is 16.4. The van der Waals surface area contributed by atoms with Gasteiger partial charge in [0.05, 0.1) is 5.56 Å². The summed E-state index contributed by atoms with van der Waals surface area (Å²) in [5.74, 6) is -3.26. The summed E-state index contributed by atoms with van der Waals surface area (Å²) >= 11 is 0. The van der Waals surface area contributed by atoms with Crippen molar-refractivity contribution in [3.63, 3.8) is 0 Å². The van der Waals surface area contributed by atoms with Crippen LogP contribution in [0.1, 0.15) is 24.2 Å². The molecule has 0 radical (unpaired) electrons. The topological polar surface area (TPSA) is 122 Å². The van der Waals surface area contributed by atoms with Crippen molar-refractivity contribution in [2.45, 2.75) is 19.9 Å². The van der Waals surface area contributed by atoms with Crippen LogP contribution in [-0.4, -0.2) is 29.1 Å². The number of nitrogens with one attached hydrogen (secondary N) is 2. The van der Waals surface area contributed by atoms with Gasteiger partial charge in [-0.25, -0.2) is 14.0 Å². The molecule has 0 heterocycles. The second-order valence-corrected chi connectivity index (χ2v) is 4.72. The van der Waals surface area contributed by atoms with E-state index in [1.165, 1.54) is 6.07 Å². The second kappa shape index (κ2) is 6.69. The number of nitrogens with two attached hydrogens (primary N) is 1. The van der Waals surface area contributed by atoms with Crippen LogP contribution in [0.5, 0.6) is 0 Å². The number of carboxylic acid groups (broad SMARTS) is 1. The Morgan fingerprint density at radius 2 is 1.90 bits per heavy atom. The van der Waals surface area contributed by atoms with E-state index < -0.39 is 35.3 Å². The minimum Gasteiger partial charge on any atom is -0.478 e. The molecule has 1 atom stereocenters. The van der Waals surface area contributed by atoms with Gasteiger partial charge in [0.25, 0.3) is 0 Å². The molecule has 1 unspecified atom stereocenters. The number of hydrogen-bond acceptors (Lipinski definition) is 3. The minimum absolute atomic E-state index is 0.0817. The second-order valence-electron chi connectivity index (χ2n) is 4.72. The van der Waals surface area contributed by atoms with E-state index in [0.717, 1.165) is 12.1 Å². The lowest BCUT2D eigenvalue weighted by atomic mass is 10.0. The van der Waals surface area contributed by atoms with Crippen LogP contribution in [-0.2, 0) is 4.79 Å². The predicted molar refractivity (Wildman–Crippen MR) is 73.3 cm³/mol. The first-order valence-electron chi connectivity index (χ1n) is 6.12. The Bertz CT molecular complexity index is 575. The van der Waals surface area contributed by atoms with E-state index in [4.69, 9.17) is 10.8 Å². The maximum absolute atomic E-state index is 13.2. The lowest BCUT2D eigenvalue weighted by Crippen LogP contribution is -2.49. The van der Waals surface area contributed by atoms with Crippen molar-refractivity contribution in [3.05, 3.63) is 29.6 Å². The van der Waals surface area contributed by atoms with Crippen LogP contribution >= 0.6 is 0 Å². The molecule has 5 N–H and O–H groups in total. The molecule has 0 aliphatic rings. The number of hydrogen-bond donors (Lipinski definition) is 4. The Morgan fingerprint density at radius 3 is 2.38 bits per heavy atom. The van der Waals surface area contributed by atoms with E-state index in [-0.39, 0.29) is 11.6 Å². The number of carboxylic acids is 1. The van der Waals surface area contributed by atoms with Crippen LogP contribution in [0.3, 0.4) is 0 Å². The lowest BCUT2D eigenvalue weighted by molar-refractivity contribution is -0.120. The first-order valence-corrected chi connectivity index (χ1v) is 6.12. The fourth-order valence-corrected chi connectivity index (χ4v) is 1.64. The average molecular weight is 297 g/mol. The Labute approximate surface area is 120 Å². The van der Waals surface area contributed by atoms with Crippen molar-refractivity contribution in [1.29, 1.82) is 0 Å². The zero-order chi connectivity index (χ0) is 16.2. The monoisotopic (exact) mass is 297 g/mol. The fourth-order valence-electron chi connectivity index (χ4n) is 1.64. The molecule has 1 aromatic carbocycles. The van der Waals surface area contributed by atoms with Crippen molar-refractivity contribution < 1.29 is 23.9 Å². The van der Waals surface area contributed by atoms with E-state index in [1.807, 2.05) is 0 Å². The third-order valence-electron chi connectivity index (χ3n) is 2.71. The van der Waals surface area contributed by atoms with Gasteiger partial charge in [0.1, 0.15) is 11.9 Å². The molecule has 3 amide bonds. The standard InChI is InChI=1S/C13H16FN3O4/c1-6(2)10(11(15)18)17-13(21)16-7-3-4-9(14)8(5-7)12(19)20/h3-6,10H,1-2H3,(H2,15,18)(H,19,20)(H2,16,17,21). The molecule has 0 aliphatic heterocycles. The van der Waals surface area contributed by atoms with Crippen molar-refractivity contribution >= 4 is 23.6 Å². The number of carbonyl (C=O) groups is 3. The summed E-state index contributed by atoms with van der Waals surface area (Å²) in [6, 6.07) is 1.49. The lowest BCUT2D eigenvalue weighted by Gasteiger charge is -2.19. The maximum Gasteiger partial charge on any atom is 0.338 e. The van der Waals surface area contributed by atoms with Gasteiger partial charge in [-0.05, 0) is 24.1 Å². The van der Waals surface area contributed by atoms with E-state index >= 15 is 0 Å². The van der Waals surface area contributed by atoms with Crippen molar-refractivity contribution in [2.24, 2.45) is 11.7 Å². The molecule has 1 aromatic rings. The van der Waals surface area contributed by atoms with Gasteiger partial charge in [0.2, 0.25) is 5.91 Å². The SMILES string of the molecule is CC(C)C(NC(=O)Nc1ccc(F)c(C(=O)O)c1)C(N)=O. The van der Waals surface area contributed by atoms with Gasteiger partial charge in [0.15, 0.2) is 0 Å². The molecule has 8 heteroatoms. The Kier molecular flexibility index (Phi) is 5.23. The molecular formula is C13H16FN3O4. The average Bonchev–Trinajstić information content (AvgIpc) is 2.37. The number of primary amides is 1. The van der Waals surface area contributed by atoms with Crippen molar-refractivity contribution in [3.8, 4) is 0 Å². The number of rotatable bonds is 5. The number of carbonyl (C=O) groups excluding carboxylic acids is 2. The first-order chi connectivity index (χ1) is 9.72. The highest BCUT2D eigenvalue weighted by Gasteiger charge is 2.21. The van der Waals surface area contributed by atoms with Crippen LogP contribution in [0.2, 0.25) is 0 Å². The number of halogens is 1. The zero-order valence-corrected chi connectivity index (χ0v) is 11.5. The van der Waals surface area contributed by atoms with Crippen LogP contribution < -0.4 is 16.4 Å². The predicted octanol–water partition coefficient (Wildman–Crippen LogP) is 1.16. The van der Waals surface area contributed by atoms with E-state index in [2.05, 4.69) is 10.6 Å². The summed E-state index contributed by atoms with van der Waals surface area (Å²) < 4.78 is 13.2. The van der Waals surface area contributed by atoms with Gasteiger partial charge < -0.3 is 21.5 Å². The van der Waals surface area contributed by atoms with E-state index in [1.54, 1.807) is 13.8 Å². The molecule has 0 fully saturated rings. The van der Waals surface area contributed by atoms with Gasteiger partial charge in [-0.2, -0.15) is 0 Å². The molecule has 1 rings (SSSR count). The maximum atomic E-state index is 13.2. The van der Waals surface area contributed by atoms with Gasteiger partial charge in [0, 0.05) is 5.69 Å². The molecule has 0 aliphatic carbocycles.